The molecule has 2 aromatic carbocycles. The maximum Gasteiger partial charge on any atom is 0.323 e. The highest BCUT2D eigenvalue weighted by molar-refractivity contribution is 6.48. The first-order valence-electron chi connectivity index (χ1n) is 13.1. The number of amidine groups is 2. The molecule has 1 heterocycles. The van der Waals surface area contributed by atoms with E-state index in [-0.39, 0.29) is 41.1 Å². The number of benzene rings is 2. The van der Waals surface area contributed by atoms with E-state index in [0.717, 1.165) is 30.5 Å². The highest BCUT2D eigenvalue weighted by Crippen LogP contribution is 2.34. The van der Waals surface area contributed by atoms with Crippen molar-refractivity contribution >= 4 is 29.2 Å². The third kappa shape index (κ3) is 6.75. The first-order chi connectivity index (χ1) is 18.5. The van der Waals surface area contributed by atoms with Crippen molar-refractivity contribution in [3.05, 3.63) is 53.1 Å². The molecule has 39 heavy (non-hydrogen) atoms. The fourth-order valence-corrected chi connectivity index (χ4v) is 4.73. The molecule has 0 spiro atoms. The van der Waals surface area contributed by atoms with E-state index in [2.05, 4.69) is 10.2 Å². The molecule has 10 nitrogen and oxygen atoms in total. The van der Waals surface area contributed by atoms with Crippen LogP contribution in [0, 0.1) is 10.8 Å². The molecule has 1 fully saturated rings. The molecule has 1 atom stereocenters. The summed E-state index contributed by atoms with van der Waals surface area (Å²) < 4.78 is 10.4. The molecule has 4 N–H and O–H groups in total. The van der Waals surface area contributed by atoms with Crippen LogP contribution in [0.3, 0.4) is 0 Å². The van der Waals surface area contributed by atoms with Gasteiger partial charge in [0.1, 0.15) is 23.4 Å². The van der Waals surface area contributed by atoms with Crippen LogP contribution < -0.4 is 15.0 Å². The number of nitrogens with one attached hydrogen (secondary N) is 3. The van der Waals surface area contributed by atoms with Gasteiger partial charge in [-0.25, -0.2) is 0 Å². The summed E-state index contributed by atoms with van der Waals surface area (Å²) in [4.78, 5) is 28.3. The monoisotopic (exact) mass is 537 g/mol. The van der Waals surface area contributed by atoms with E-state index in [0.29, 0.717) is 18.0 Å². The number of nitrogens with zero attached hydrogens (tertiary/aromatic N) is 2. The largest absolute Gasteiger partial charge is 0.507 e. The summed E-state index contributed by atoms with van der Waals surface area (Å²) in [6.45, 7) is 8.86. The van der Waals surface area contributed by atoms with Crippen molar-refractivity contribution in [2.24, 2.45) is 0 Å². The number of likely N-dealkylation sites (tertiary alicyclic amines) is 1. The van der Waals surface area contributed by atoms with Gasteiger partial charge in [-0.1, -0.05) is 26.0 Å². The molecule has 10 heteroatoms. The molecule has 0 aliphatic carbocycles. The van der Waals surface area contributed by atoms with Gasteiger partial charge < -0.3 is 19.9 Å². The summed E-state index contributed by atoms with van der Waals surface area (Å²) in [6, 6.07) is 9.79. The van der Waals surface area contributed by atoms with Crippen LogP contribution in [0.15, 0.2) is 36.4 Å². The van der Waals surface area contributed by atoms with Gasteiger partial charge in [-0.15, -0.1) is 0 Å². The van der Waals surface area contributed by atoms with Crippen LogP contribution in [0.4, 0.5) is 5.69 Å². The molecule has 1 aliphatic heterocycles. The number of hydrogen-bond acceptors (Lipinski definition) is 8. The molecule has 1 unspecified atom stereocenters. The second kappa shape index (κ2) is 12.8. The SMILES string of the molecule is COC(=O)C1CCCN1Cc1ccc(N(C(=N)C(=O)NC(C)C)C(=N)c2cc(C(C)C)c(OC)cc2O)cc1. The van der Waals surface area contributed by atoms with Gasteiger partial charge in [-0.3, -0.25) is 30.2 Å². The van der Waals surface area contributed by atoms with Crippen molar-refractivity contribution in [1.82, 2.24) is 10.2 Å². The van der Waals surface area contributed by atoms with E-state index in [4.69, 9.17) is 20.3 Å². The maximum absolute atomic E-state index is 12.9. The third-order valence-electron chi connectivity index (χ3n) is 6.72. The lowest BCUT2D eigenvalue weighted by atomic mass is 9.97. The Bertz CT molecular complexity index is 1230. The van der Waals surface area contributed by atoms with Crippen LogP contribution in [0.25, 0.3) is 0 Å². The van der Waals surface area contributed by atoms with Gasteiger partial charge in [0.05, 0.1) is 19.8 Å². The fourth-order valence-electron chi connectivity index (χ4n) is 4.73. The van der Waals surface area contributed by atoms with Crippen molar-refractivity contribution < 1.29 is 24.2 Å². The zero-order valence-corrected chi connectivity index (χ0v) is 23.5. The summed E-state index contributed by atoms with van der Waals surface area (Å²) in [5, 5.41) is 31.2. The van der Waals surface area contributed by atoms with Gasteiger partial charge in [-0.2, -0.15) is 0 Å². The Labute approximate surface area is 229 Å². The number of hydrogen-bond donors (Lipinski definition) is 4. The molecule has 3 rings (SSSR count). The summed E-state index contributed by atoms with van der Waals surface area (Å²) >= 11 is 0. The Morgan fingerprint density at radius 3 is 2.36 bits per heavy atom. The quantitative estimate of drug-likeness (QED) is 0.227. The number of phenolic OH excluding ortho intramolecular Hbond substituents is 1. The molecule has 1 saturated heterocycles. The Morgan fingerprint density at radius 2 is 1.79 bits per heavy atom. The van der Waals surface area contributed by atoms with E-state index < -0.39 is 11.7 Å². The number of methoxy groups -OCH3 is 2. The number of phenols is 1. The number of carbonyl (C=O) groups excluding carboxylic acids is 2. The van der Waals surface area contributed by atoms with Gasteiger partial charge in [0.2, 0.25) is 0 Å². The highest BCUT2D eigenvalue weighted by atomic mass is 16.5. The van der Waals surface area contributed by atoms with E-state index >= 15 is 0 Å². The molecular formula is C29H39N5O5. The minimum Gasteiger partial charge on any atom is -0.507 e. The summed E-state index contributed by atoms with van der Waals surface area (Å²) in [6.07, 6.45) is 1.66. The molecule has 0 bridgehead atoms. The number of anilines is 1. The van der Waals surface area contributed by atoms with Crippen molar-refractivity contribution in [3.63, 3.8) is 0 Å². The zero-order chi connectivity index (χ0) is 28.9. The van der Waals surface area contributed by atoms with Gasteiger partial charge >= 0.3 is 5.97 Å². The Hall–Kier alpha value is -3.92. The lowest BCUT2D eigenvalue weighted by molar-refractivity contribution is -0.146. The van der Waals surface area contributed by atoms with E-state index in [1.54, 1.807) is 32.0 Å². The van der Waals surface area contributed by atoms with Crippen LogP contribution in [0.1, 0.15) is 63.1 Å². The standard InChI is InChI=1S/C29H39N5O5/c1-17(2)21-14-22(24(35)15-25(21)38-5)26(30)34(27(31)28(36)32-18(3)4)20-11-9-19(10-12-20)16-33-13-7-8-23(33)29(37)39-6/h9-12,14-15,17-18,23,30-31,35H,7-8,13,16H2,1-6H3,(H,32,36). The Balaban J connectivity index is 1.98. The topological polar surface area (TPSA) is 139 Å². The maximum atomic E-state index is 12.9. The number of aromatic hydroxyl groups is 1. The first-order valence-corrected chi connectivity index (χ1v) is 13.1. The molecule has 0 saturated carbocycles. The number of carbonyl (C=O) groups is 2. The van der Waals surface area contributed by atoms with Crippen molar-refractivity contribution in [2.45, 2.75) is 65.1 Å². The normalized spacial score (nSPS) is 15.3. The molecular weight excluding hydrogens is 498 g/mol. The average molecular weight is 538 g/mol. The summed E-state index contributed by atoms with van der Waals surface area (Å²) in [7, 11) is 2.91. The smallest absolute Gasteiger partial charge is 0.323 e. The van der Waals surface area contributed by atoms with Crippen LogP contribution in [0.5, 0.6) is 11.5 Å². The van der Waals surface area contributed by atoms with Gasteiger partial charge in [0, 0.05) is 24.3 Å². The predicted molar refractivity (Wildman–Crippen MR) is 151 cm³/mol. The molecule has 1 aliphatic rings. The number of rotatable bonds is 8. The summed E-state index contributed by atoms with van der Waals surface area (Å²) in [5.74, 6) is -1.21. The minimum absolute atomic E-state index is 0.0444. The third-order valence-corrected chi connectivity index (χ3v) is 6.72. The second-order valence-electron chi connectivity index (χ2n) is 10.2. The van der Waals surface area contributed by atoms with Crippen molar-refractivity contribution in [2.75, 3.05) is 25.7 Å². The van der Waals surface area contributed by atoms with Crippen LogP contribution in [-0.2, 0) is 20.9 Å². The van der Waals surface area contributed by atoms with Gasteiger partial charge in [0.15, 0.2) is 5.84 Å². The molecule has 0 radical (unpaired) electrons. The number of esters is 1. The van der Waals surface area contributed by atoms with E-state index in [1.807, 2.05) is 26.0 Å². The predicted octanol–water partition coefficient (Wildman–Crippen LogP) is 4.00. The molecule has 210 valence electrons. The highest BCUT2D eigenvalue weighted by Gasteiger charge is 2.32. The average Bonchev–Trinajstić information content (AvgIpc) is 3.36. The van der Waals surface area contributed by atoms with Gasteiger partial charge in [-0.05, 0) is 68.5 Å². The first kappa shape index (κ1) is 29.6. The molecule has 0 aromatic heterocycles. The fraction of sp³-hybridized carbons (Fsp3) is 0.448. The van der Waals surface area contributed by atoms with Crippen LogP contribution in [0.2, 0.25) is 0 Å². The molecule has 2 aromatic rings. The molecule has 1 amide bonds. The van der Waals surface area contributed by atoms with Gasteiger partial charge in [0.25, 0.3) is 5.91 Å². The Kier molecular flexibility index (Phi) is 9.69. The van der Waals surface area contributed by atoms with E-state index in [9.17, 15) is 14.7 Å². The minimum atomic E-state index is -0.645. The van der Waals surface area contributed by atoms with E-state index in [1.165, 1.54) is 25.2 Å². The van der Waals surface area contributed by atoms with Crippen molar-refractivity contribution in [1.29, 1.82) is 10.8 Å². The van der Waals surface area contributed by atoms with Crippen LogP contribution in [-0.4, -0.2) is 66.4 Å². The second-order valence-corrected chi connectivity index (χ2v) is 10.2. The van der Waals surface area contributed by atoms with Crippen LogP contribution >= 0.6 is 0 Å². The van der Waals surface area contributed by atoms with Crippen molar-refractivity contribution in [3.8, 4) is 11.5 Å². The summed E-state index contributed by atoms with van der Waals surface area (Å²) in [5.41, 5.74) is 2.31. The zero-order valence-electron chi connectivity index (χ0n) is 23.5. The number of ether oxygens (including phenoxy) is 2. The lowest BCUT2D eigenvalue weighted by Crippen LogP contribution is -2.47. The number of amides is 1. The Morgan fingerprint density at radius 1 is 1.13 bits per heavy atom. The lowest BCUT2D eigenvalue weighted by Gasteiger charge is -2.27.